The third-order valence-electron chi connectivity index (χ3n) is 6.61. The van der Waals surface area contributed by atoms with Crippen LogP contribution < -0.4 is 4.90 Å². The largest absolute Gasteiger partial charge is 0.311 e. The molecule has 0 amide bonds. The Morgan fingerprint density at radius 2 is 0.590 bits per heavy atom. The Bertz CT molecular complexity index is 1560. The maximum atomic E-state index is 4.42. The van der Waals surface area contributed by atoms with Crippen LogP contribution in [-0.4, -0.2) is 0 Å². The number of azo groups is 1. The van der Waals surface area contributed by atoms with Gasteiger partial charge in [0.05, 0.1) is 11.4 Å². The van der Waals surface area contributed by atoms with Crippen molar-refractivity contribution in [2.75, 3.05) is 4.90 Å². The Morgan fingerprint density at radius 1 is 0.282 bits per heavy atom. The lowest BCUT2D eigenvalue weighted by atomic mass is 10.0. The Kier molecular flexibility index (Phi) is 7.04. The molecule has 3 nitrogen and oxygen atoms in total. The van der Waals surface area contributed by atoms with Crippen molar-refractivity contribution in [1.29, 1.82) is 0 Å². The molecule has 0 heterocycles. The average molecular weight is 502 g/mol. The van der Waals surface area contributed by atoms with Gasteiger partial charge in [-0.2, -0.15) is 10.2 Å². The topological polar surface area (TPSA) is 28.0 Å². The predicted octanol–water partition coefficient (Wildman–Crippen LogP) is 10.9. The second kappa shape index (κ2) is 11.4. The minimum absolute atomic E-state index is 0.807. The molecule has 0 aliphatic rings. The number of nitrogens with zero attached hydrogens (tertiary/aromatic N) is 3. The van der Waals surface area contributed by atoms with Crippen LogP contribution in [0.25, 0.3) is 22.3 Å². The summed E-state index contributed by atoms with van der Waals surface area (Å²) in [5.41, 5.74) is 9.65. The summed E-state index contributed by atoms with van der Waals surface area (Å²) in [6.07, 6.45) is 0. The van der Waals surface area contributed by atoms with Crippen LogP contribution in [0.5, 0.6) is 0 Å². The quantitative estimate of drug-likeness (QED) is 0.200. The van der Waals surface area contributed by atoms with E-state index in [1.807, 2.05) is 54.6 Å². The Morgan fingerprint density at radius 3 is 1.00 bits per heavy atom. The molecule has 0 radical (unpaired) electrons. The first-order valence-corrected chi connectivity index (χ1v) is 13.0. The third-order valence-corrected chi connectivity index (χ3v) is 6.61. The highest BCUT2D eigenvalue weighted by atomic mass is 15.1. The smallest absolute Gasteiger partial charge is 0.0858 e. The number of anilines is 3. The molecule has 6 aromatic carbocycles. The molecule has 186 valence electrons. The van der Waals surface area contributed by atoms with Crippen molar-refractivity contribution in [3.8, 4) is 22.3 Å². The lowest BCUT2D eigenvalue weighted by molar-refractivity contribution is 1.22. The zero-order valence-electron chi connectivity index (χ0n) is 21.4. The van der Waals surface area contributed by atoms with Gasteiger partial charge in [0.2, 0.25) is 0 Å². The normalized spacial score (nSPS) is 11.0. The van der Waals surface area contributed by atoms with E-state index < -0.39 is 0 Å². The predicted molar refractivity (Wildman–Crippen MR) is 163 cm³/mol. The Balaban J connectivity index is 1.34. The fourth-order valence-electron chi connectivity index (χ4n) is 4.59. The summed E-state index contributed by atoms with van der Waals surface area (Å²) in [5, 5.41) is 8.77. The highest BCUT2D eigenvalue weighted by molar-refractivity contribution is 5.80. The van der Waals surface area contributed by atoms with Gasteiger partial charge >= 0.3 is 0 Å². The molecule has 0 aliphatic carbocycles. The van der Waals surface area contributed by atoms with Gasteiger partial charge in [0.25, 0.3) is 0 Å². The van der Waals surface area contributed by atoms with Crippen LogP contribution >= 0.6 is 0 Å². The van der Waals surface area contributed by atoms with Gasteiger partial charge in [0, 0.05) is 17.1 Å². The van der Waals surface area contributed by atoms with E-state index in [1.54, 1.807) is 0 Å². The van der Waals surface area contributed by atoms with E-state index in [-0.39, 0.29) is 0 Å². The van der Waals surface area contributed by atoms with Crippen LogP contribution in [0.2, 0.25) is 0 Å². The van der Waals surface area contributed by atoms with E-state index >= 15 is 0 Å². The molecule has 0 bridgehead atoms. The minimum Gasteiger partial charge on any atom is -0.311 e. The molecule has 0 saturated heterocycles. The molecule has 0 saturated carbocycles. The van der Waals surface area contributed by atoms with Gasteiger partial charge in [-0.05, 0) is 82.9 Å². The Hall–Kier alpha value is -5.28. The number of benzene rings is 6. The summed E-state index contributed by atoms with van der Waals surface area (Å²) in [6.45, 7) is 0. The first kappa shape index (κ1) is 24.1. The molecule has 3 heteroatoms. The first-order valence-electron chi connectivity index (χ1n) is 13.0. The van der Waals surface area contributed by atoms with Gasteiger partial charge in [-0.15, -0.1) is 0 Å². The van der Waals surface area contributed by atoms with Crippen molar-refractivity contribution in [3.05, 3.63) is 164 Å². The summed E-state index contributed by atoms with van der Waals surface area (Å²) < 4.78 is 0. The maximum Gasteiger partial charge on any atom is 0.0858 e. The summed E-state index contributed by atoms with van der Waals surface area (Å²) in [7, 11) is 0. The third kappa shape index (κ3) is 5.68. The molecule has 0 aliphatic heterocycles. The van der Waals surface area contributed by atoms with Gasteiger partial charge in [-0.3, -0.25) is 0 Å². The number of hydrogen-bond donors (Lipinski definition) is 0. The van der Waals surface area contributed by atoms with Gasteiger partial charge in [0.1, 0.15) is 0 Å². The molecular formula is C36H27N3. The van der Waals surface area contributed by atoms with Crippen molar-refractivity contribution in [2.24, 2.45) is 10.2 Å². The van der Waals surface area contributed by atoms with Crippen LogP contribution in [0.3, 0.4) is 0 Å². The standard InChI is InChI=1S/C36H27N3/c1-4-10-28(11-5-1)30-16-22-34(23-17-30)39(35-24-18-31(19-25-35)29-12-6-2-7-13-29)36-26-20-33(21-27-36)38-37-32-14-8-3-9-15-32/h1-27H. The summed E-state index contributed by atoms with van der Waals surface area (Å²) >= 11 is 0. The lowest BCUT2D eigenvalue weighted by Gasteiger charge is -2.26. The van der Waals surface area contributed by atoms with Crippen LogP contribution in [0.1, 0.15) is 0 Å². The fraction of sp³-hybridized carbons (Fsp3) is 0. The molecule has 0 spiro atoms. The number of hydrogen-bond acceptors (Lipinski definition) is 3. The molecule has 39 heavy (non-hydrogen) atoms. The zero-order valence-corrected chi connectivity index (χ0v) is 21.4. The highest BCUT2D eigenvalue weighted by Gasteiger charge is 2.13. The molecule has 6 aromatic rings. The van der Waals surface area contributed by atoms with Crippen molar-refractivity contribution >= 4 is 28.4 Å². The van der Waals surface area contributed by atoms with Gasteiger partial charge in [-0.1, -0.05) is 103 Å². The summed E-state index contributed by atoms with van der Waals surface area (Å²) in [5.74, 6) is 0. The average Bonchev–Trinajstić information content (AvgIpc) is 3.03. The van der Waals surface area contributed by atoms with Crippen molar-refractivity contribution < 1.29 is 0 Å². The van der Waals surface area contributed by atoms with Crippen LogP contribution in [0, 0.1) is 0 Å². The SMILES string of the molecule is c1ccc(N=Nc2ccc(N(c3ccc(-c4ccccc4)cc3)c3ccc(-c4ccccc4)cc3)cc2)cc1. The highest BCUT2D eigenvalue weighted by Crippen LogP contribution is 2.37. The van der Waals surface area contributed by atoms with Crippen molar-refractivity contribution in [3.63, 3.8) is 0 Å². The van der Waals surface area contributed by atoms with Crippen LogP contribution in [0.4, 0.5) is 28.4 Å². The molecule has 0 aromatic heterocycles. The van der Waals surface area contributed by atoms with Crippen molar-refractivity contribution in [2.45, 2.75) is 0 Å². The summed E-state index contributed by atoms with van der Waals surface area (Å²) in [4.78, 5) is 2.27. The monoisotopic (exact) mass is 501 g/mol. The first-order chi connectivity index (χ1) is 19.3. The Labute approximate surface area is 229 Å². The molecule has 0 atom stereocenters. The molecule has 0 N–H and O–H groups in total. The van der Waals surface area contributed by atoms with E-state index in [0.29, 0.717) is 0 Å². The molecule has 6 rings (SSSR count). The minimum atomic E-state index is 0.807. The van der Waals surface area contributed by atoms with E-state index in [4.69, 9.17) is 0 Å². The second-order valence-electron chi connectivity index (χ2n) is 9.21. The fourth-order valence-corrected chi connectivity index (χ4v) is 4.59. The van der Waals surface area contributed by atoms with Crippen LogP contribution in [-0.2, 0) is 0 Å². The van der Waals surface area contributed by atoms with Crippen molar-refractivity contribution in [1.82, 2.24) is 0 Å². The molecule has 0 unspecified atom stereocenters. The van der Waals surface area contributed by atoms with Gasteiger partial charge in [0.15, 0.2) is 0 Å². The van der Waals surface area contributed by atoms with E-state index in [0.717, 1.165) is 28.4 Å². The second-order valence-corrected chi connectivity index (χ2v) is 9.21. The van der Waals surface area contributed by atoms with Gasteiger partial charge < -0.3 is 4.90 Å². The molecule has 0 fully saturated rings. The lowest BCUT2D eigenvalue weighted by Crippen LogP contribution is -2.09. The maximum absolute atomic E-state index is 4.42. The van der Waals surface area contributed by atoms with Crippen LogP contribution in [0.15, 0.2) is 174 Å². The molecular weight excluding hydrogens is 474 g/mol. The number of rotatable bonds is 7. The van der Waals surface area contributed by atoms with Gasteiger partial charge in [-0.25, -0.2) is 0 Å². The summed E-state index contributed by atoms with van der Waals surface area (Å²) in [6, 6.07) is 56.3. The van der Waals surface area contributed by atoms with E-state index in [1.165, 1.54) is 22.3 Å². The van der Waals surface area contributed by atoms with E-state index in [2.05, 4.69) is 124 Å². The van der Waals surface area contributed by atoms with E-state index in [9.17, 15) is 0 Å². The zero-order chi connectivity index (χ0) is 26.3.